The van der Waals surface area contributed by atoms with Crippen molar-refractivity contribution in [3.8, 4) is 11.8 Å². The lowest BCUT2D eigenvalue weighted by molar-refractivity contribution is -0.137. The number of benzene rings is 1. The highest BCUT2D eigenvalue weighted by molar-refractivity contribution is 5.99. The number of nitriles is 1. The molecular formula is C32H36N4O3. The van der Waals surface area contributed by atoms with Gasteiger partial charge in [-0.25, -0.2) is 4.98 Å². The van der Waals surface area contributed by atoms with Gasteiger partial charge in [0.1, 0.15) is 17.5 Å². The van der Waals surface area contributed by atoms with Crippen molar-refractivity contribution in [2.75, 3.05) is 20.2 Å². The molecule has 0 spiro atoms. The Bertz CT molecular complexity index is 1480. The molecule has 3 fully saturated rings. The van der Waals surface area contributed by atoms with Gasteiger partial charge in [0.25, 0.3) is 0 Å². The smallest absolute Gasteiger partial charge is 0.225 e. The van der Waals surface area contributed by atoms with Gasteiger partial charge in [-0.2, -0.15) is 5.26 Å². The molecule has 39 heavy (non-hydrogen) atoms. The SMILES string of the molecule is COc1ccc(C(=O)Cc2cnc3c(c(C4C5CC[C@H]4CN(C(=O)C4CCCC4)C5)cn3C)c2C)cc1C#N. The summed E-state index contributed by atoms with van der Waals surface area (Å²) in [5.41, 5.74) is 5.13. The second-order valence-corrected chi connectivity index (χ2v) is 11.8. The molecule has 2 bridgehead atoms. The summed E-state index contributed by atoms with van der Waals surface area (Å²) in [6.45, 7) is 3.82. The molecule has 0 radical (unpaired) electrons. The zero-order valence-corrected chi connectivity index (χ0v) is 23.1. The molecule has 1 aromatic carbocycles. The van der Waals surface area contributed by atoms with Crippen molar-refractivity contribution < 1.29 is 14.3 Å². The van der Waals surface area contributed by atoms with Gasteiger partial charge in [0.2, 0.25) is 5.91 Å². The fraction of sp³-hybridized carbons (Fsp3) is 0.500. The number of hydrogen-bond donors (Lipinski definition) is 0. The van der Waals surface area contributed by atoms with Crippen molar-refractivity contribution >= 4 is 22.7 Å². The van der Waals surface area contributed by atoms with Crippen LogP contribution in [0.3, 0.4) is 0 Å². The number of ketones is 1. The Balaban J connectivity index is 1.29. The number of fused-ring (bicyclic) bond motifs is 3. The maximum Gasteiger partial charge on any atom is 0.225 e. The van der Waals surface area contributed by atoms with Crippen molar-refractivity contribution in [3.63, 3.8) is 0 Å². The maximum absolute atomic E-state index is 13.3. The van der Waals surface area contributed by atoms with Gasteiger partial charge < -0.3 is 14.2 Å². The minimum atomic E-state index is -0.0466. The summed E-state index contributed by atoms with van der Waals surface area (Å²) in [7, 11) is 3.56. The van der Waals surface area contributed by atoms with Crippen LogP contribution in [0.2, 0.25) is 0 Å². The quantitative estimate of drug-likeness (QED) is 0.407. The van der Waals surface area contributed by atoms with Crippen LogP contribution >= 0.6 is 0 Å². The third-order valence-electron chi connectivity index (χ3n) is 9.58. The molecule has 202 valence electrons. The molecule has 1 saturated heterocycles. The first-order valence-corrected chi connectivity index (χ1v) is 14.2. The third kappa shape index (κ3) is 4.40. The molecule has 3 heterocycles. The van der Waals surface area contributed by atoms with Crippen LogP contribution in [0.5, 0.6) is 5.75 Å². The highest BCUT2D eigenvalue weighted by Gasteiger charge is 2.46. The van der Waals surface area contributed by atoms with Crippen molar-refractivity contribution in [2.45, 2.75) is 57.8 Å². The average molecular weight is 525 g/mol. The average Bonchev–Trinajstić information content (AvgIpc) is 3.66. The number of likely N-dealkylation sites (tertiary alicyclic amines) is 1. The number of Topliss-reactive ketones (excluding diaryl/α,β-unsaturated/α-hetero) is 1. The van der Waals surface area contributed by atoms with Crippen molar-refractivity contribution in [1.29, 1.82) is 5.26 Å². The fourth-order valence-corrected chi connectivity index (χ4v) is 7.59. The summed E-state index contributed by atoms with van der Waals surface area (Å²) in [5.74, 6) is 2.38. The zero-order chi connectivity index (χ0) is 27.3. The summed E-state index contributed by atoms with van der Waals surface area (Å²) < 4.78 is 7.34. The molecule has 6 rings (SSSR count). The van der Waals surface area contributed by atoms with Crippen molar-refractivity contribution in [3.05, 3.63) is 58.4 Å². The van der Waals surface area contributed by atoms with E-state index >= 15 is 0 Å². The second kappa shape index (κ2) is 10.1. The van der Waals surface area contributed by atoms with E-state index in [1.807, 2.05) is 13.2 Å². The number of carbonyl (C=O) groups is 2. The van der Waals surface area contributed by atoms with Gasteiger partial charge in [0, 0.05) is 55.8 Å². The normalized spacial score (nSPS) is 22.8. The van der Waals surface area contributed by atoms with Crippen LogP contribution in [0.4, 0.5) is 0 Å². The lowest BCUT2D eigenvalue weighted by atomic mass is 9.79. The van der Waals surface area contributed by atoms with Crippen LogP contribution in [-0.2, 0) is 18.3 Å². The molecule has 1 amide bonds. The van der Waals surface area contributed by atoms with Gasteiger partial charge in [-0.3, -0.25) is 9.59 Å². The minimum absolute atomic E-state index is 0.0466. The molecule has 2 saturated carbocycles. The highest BCUT2D eigenvalue weighted by Crippen LogP contribution is 2.50. The van der Waals surface area contributed by atoms with Gasteiger partial charge in [-0.15, -0.1) is 0 Å². The number of hydrogen-bond acceptors (Lipinski definition) is 5. The van der Waals surface area contributed by atoms with E-state index in [-0.39, 0.29) is 18.1 Å². The highest BCUT2D eigenvalue weighted by atomic mass is 16.5. The summed E-state index contributed by atoms with van der Waals surface area (Å²) in [5, 5.41) is 10.6. The van der Waals surface area contributed by atoms with Crippen LogP contribution < -0.4 is 4.74 Å². The standard InChI is InChI=1S/C32H36N4O3/c1-19-25(13-27(37)21-10-11-28(39-3)24(12-21)14-33)15-34-31-29(19)26(18-35(31)2)30-22-8-9-23(30)17-36(16-22)32(38)20-6-4-5-7-20/h10-12,15,18,20,22-23,30H,4-9,13,16-17H2,1-3H3/t22-,23?,30?/m0/s1. The summed E-state index contributed by atoms with van der Waals surface area (Å²) in [4.78, 5) is 33.5. The predicted octanol–water partition coefficient (Wildman–Crippen LogP) is 5.33. The van der Waals surface area contributed by atoms with Crippen molar-refractivity contribution in [2.24, 2.45) is 24.8 Å². The molecule has 2 aliphatic carbocycles. The van der Waals surface area contributed by atoms with E-state index in [0.29, 0.717) is 40.5 Å². The lowest BCUT2D eigenvalue weighted by Gasteiger charge is -2.39. The van der Waals surface area contributed by atoms with Gasteiger partial charge in [-0.1, -0.05) is 12.8 Å². The Hall–Kier alpha value is -3.66. The largest absolute Gasteiger partial charge is 0.495 e. The number of nitrogens with zero attached hydrogens (tertiary/aromatic N) is 4. The summed E-state index contributed by atoms with van der Waals surface area (Å²) in [6.07, 6.45) is 11.1. The van der Waals surface area contributed by atoms with Crippen LogP contribution in [0.25, 0.3) is 11.0 Å². The summed E-state index contributed by atoms with van der Waals surface area (Å²) in [6, 6.07) is 7.11. The van der Waals surface area contributed by atoms with Gasteiger partial charge in [-0.05, 0) is 85.3 Å². The predicted molar refractivity (Wildman–Crippen MR) is 149 cm³/mol. The number of methoxy groups -OCH3 is 1. The molecule has 3 aromatic rings. The molecule has 3 atom stereocenters. The zero-order valence-electron chi connectivity index (χ0n) is 23.1. The van der Waals surface area contributed by atoms with E-state index in [2.05, 4.69) is 28.7 Å². The molecular weight excluding hydrogens is 488 g/mol. The molecule has 2 aromatic heterocycles. The Morgan fingerprint density at radius 3 is 2.51 bits per heavy atom. The Labute approximate surface area is 229 Å². The van der Waals surface area contributed by atoms with E-state index in [1.165, 1.54) is 25.5 Å². The monoisotopic (exact) mass is 524 g/mol. The number of rotatable bonds is 6. The van der Waals surface area contributed by atoms with Crippen LogP contribution in [-0.4, -0.2) is 46.3 Å². The first-order chi connectivity index (χ1) is 18.9. The topological polar surface area (TPSA) is 88.2 Å². The van der Waals surface area contributed by atoms with E-state index in [4.69, 9.17) is 9.72 Å². The van der Waals surface area contributed by atoms with Crippen LogP contribution in [0.15, 0.2) is 30.6 Å². The number of amides is 1. The minimum Gasteiger partial charge on any atom is -0.495 e. The van der Waals surface area contributed by atoms with Gasteiger partial charge >= 0.3 is 0 Å². The molecule has 3 aliphatic rings. The number of aromatic nitrogens is 2. The first-order valence-electron chi connectivity index (χ1n) is 14.2. The van der Waals surface area contributed by atoms with Crippen LogP contribution in [0, 0.1) is 36.0 Å². The third-order valence-corrected chi connectivity index (χ3v) is 9.58. The number of aryl methyl sites for hydroxylation is 2. The molecule has 2 unspecified atom stereocenters. The molecule has 7 nitrogen and oxygen atoms in total. The van der Waals surface area contributed by atoms with E-state index in [9.17, 15) is 14.9 Å². The number of carbonyl (C=O) groups excluding carboxylic acids is 2. The number of piperidine rings is 1. The number of ether oxygens (including phenoxy) is 1. The van der Waals surface area contributed by atoms with E-state index in [0.717, 1.165) is 60.9 Å². The Kier molecular flexibility index (Phi) is 6.66. The molecule has 0 N–H and O–H groups in total. The fourth-order valence-electron chi connectivity index (χ4n) is 7.59. The van der Waals surface area contributed by atoms with Gasteiger partial charge in [0.05, 0.1) is 12.7 Å². The summed E-state index contributed by atoms with van der Waals surface area (Å²) >= 11 is 0. The van der Waals surface area contributed by atoms with E-state index in [1.54, 1.807) is 18.2 Å². The number of pyridine rings is 1. The molecule has 1 aliphatic heterocycles. The lowest BCUT2D eigenvalue weighted by Crippen LogP contribution is -2.46. The Morgan fingerprint density at radius 1 is 1.13 bits per heavy atom. The molecule has 7 heteroatoms. The second-order valence-electron chi connectivity index (χ2n) is 11.8. The Morgan fingerprint density at radius 2 is 1.85 bits per heavy atom. The van der Waals surface area contributed by atoms with E-state index < -0.39 is 0 Å². The first kappa shape index (κ1) is 25.6. The van der Waals surface area contributed by atoms with Crippen molar-refractivity contribution in [1.82, 2.24) is 14.5 Å². The van der Waals surface area contributed by atoms with Gasteiger partial charge in [0.15, 0.2) is 5.78 Å². The maximum atomic E-state index is 13.3. The van der Waals surface area contributed by atoms with Crippen LogP contribution in [0.1, 0.15) is 77.1 Å².